The molecule has 2 rings (SSSR count). The summed E-state index contributed by atoms with van der Waals surface area (Å²) in [6, 6.07) is 6.27. The zero-order valence-corrected chi connectivity index (χ0v) is 10.7. The van der Waals surface area contributed by atoms with Gasteiger partial charge in [0.05, 0.1) is 12.1 Å². The van der Waals surface area contributed by atoms with Crippen LogP contribution in [0.1, 0.15) is 23.7 Å². The Kier molecular flexibility index (Phi) is 4.04. The summed E-state index contributed by atoms with van der Waals surface area (Å²) in [7, 11) is 0. The van der Waals surface area contributed by atoms with Crippen molar-refractivity contribution in [2.75, 3.05) is 0 Å². The molecule has 0 spiro atoms. The topological polar surface area (TPSA) is 110 Å². The Balaban J connectivity index is 2.11. The molecule has 20 heavy (non-hydrogen) atoms. The molecular formula is C12H13N5O3. The zero-order valence-electron chi connectivity index (χ0n) is 10.7. The summed E-state index contributed by atoms with van der Waals surface area (Å²) in [5.74, 6) is -1.30. The van der Waals surface area contributed by atoms with Crippen molar-refractivity contribution in [3.05, 3.63) is 36.2 Å². The second-order valence-corrected chi connectivity index (χ2v) is 4.28. The highest BCUT2D eigenvalue weighted by molar-refractivity contribution is 5.95. The Morgan fingerprint density at radius 1 is 1.45 bits per heavy atom. The van der Waals surface area contributed by atoms with Crippen LogP contribution in [0.25, 0.3) is 5.69 Å². The van der Waals surface area contributed by atoms with Gasteiger partial charge in [0, 0.05) is 11.6 Å². The molecule has 1 amide bonds. The number of carboxylic acid groups (broad SMARTS) is 1. The number of carbonyl (C=O) groups is 2. The minimum atomic E-state index is -0.958. The van der Waals surface area contributed by atoms with Gasteiger partial charge in [0.15, 0.2) is 0 Å². The number of rotatable bonds is 5. The molecule has 1 heterocycles. The van der Waals surface area contributed by atoms with Crippen LogP contribution >= 0.6 is 0 Å². The molecule has 0 aliphatic carbocycles. The summed E-state index contributed by atoms with van der Waals surface area (Å²) in [6.45, 7) is 1.64. The quantitative estimate of drug-likeness (QED) is 0.809. The van der Waals surface area contributed by atoms with E-state index in [4.69, 9.17) is 5.11 Å². The van der Waals surface area contributed by atoms with Gasteiger partial charge in [-0.15, -0.1) is 5.10 Å². The van der Waals surface area contributed by atoms with E-state index in [0.29, 0.717) is 11.3 Å². The van der Waals surface area contributed by atoms with Gasteiger partial charge in [0.25, 0.3) is 5.91 Å². The SMILES string of the molecule is CC(CC(=O)O)NC(=O)c1cccc(-n2cnnn2)c1. The average molecular weight is 275 g/mol. The maximum Gasteiger partial charge on any atom is 0.305 e. The van der Waals surface area contributed by atoms with Gasteiger partial charge in [-0.2, -0.15) is 0 Å². The summed E-state index contributed by atoms with van der Waals surface area (Å²) < 4.78 is 1.43. The van der Waals surface area contributed by atoms with Crippen molar-refractivity contribution in [1.82, 2.24) is 25.5 Å². The highest BCUT2D eigenvalue weighted by Crippen LogP contribution is 2.09. The summed E-state index contributed by atoms with van der Waals surface area (Å²) in [5.41, 5.74) is 1.06. The number of carboxylic acids is 1. The minimum Gasteiger partial charge on any atom is -0.481 e. The maximum atomic E-state index is 12.0. The number of hydrogen-bond acceptors (Lipinski definition) is 5. The minimum absolute atomic E-state index is 0.127. The Hall–Kier alpha value is -2.77. The van der Waals surface area contributed by atoms with Gasteiger partial charge in [-0.1, -0.05) is 6.07 Å². The van der Waals surface area contributed by atoms with E-state index >= 15 is 0 Å². The van der Waals surface area contributed by atoms with Crippen molar-refractivity contribution in [1.29, 1.82) is 0 Å². The van der Waals surface area contributed by atoms with Gasteiger partial charge in [-0.25, -0.2) is 4.68 Å². The molecule has 0 saturated heterocycles. The fourth-order valence-electron chi connectivity index (χ4n) is 1.69. The molecule has 0 saturated carbocycles. The lowest BCUT2D eigenvalue weighted by Crippen LogP contribution is -2.34. The smallest absolute Gasteiger partial charge is 0.305 e. The number of carbonyl (C=O) groups excluding carboxylic acids is 1. The lowest BCUT2D eigenvalue weighted by molar-refractivity contribution is -0.137. The van der Waals surface area contributed by atoms with E-state index in [0.717, 1.165) is 0 Å². The Morgan fingerprint density at radius 3 is 2.90 bits per heavy atom. The van der Waals surface area contributed by atoms with Gasteiger partial charge in [0.1, 0.15) is 6.33 Å². The molecule has 1 aromatic carbocycles. The highest BCUT2D eigenvalue weighted by Gasteiger charge is 2.13. The van der Waals surface area contributed by atoms with Crippen LogP contribution in [0.4, 0.5) is 0 Å². The first-order valence-electron chi connectivity index (χ1n) is 5.92. The van der Waals surface area contributed by atoms with Crippen LogP contribution in [0.5, 0.6) is 0 Å². The van der Waals surface area contributed by atoms with Crippen LogP contribution in [-0.2, 0) is 4.79 Å². The van der Waals surface area contributed by atoms with Crippen LogP contribution < -0.4 is 5.32 Å². The van der Waals surface area contributed by atoms with E-state index in [2.05, 4.69) is 20.8 Å². The van der Waals surface area contributed by atoms with E-state index in [1.54, 1.807) is 31.2 Å². The summed E-state index contributed by atoms with van der Waals surface area (Å²) in [5, 5.41) is 22.1. The lowest BCUT2D eigenvalue weighted by Gasteiger charge is -2.12. The fourth-order valence-corrected chi connectivity index (χ4v) is 1.69. The normalized spacial score (nSPS) is 11.8. The molecule has 8 nitrogen and oxygen atoms in total. The molecule has 0 radical (unpaired) electrons. The standard InChI is InChI=1S/C12H13N5O3/c1-8(5-11(18)19)14-12(20)9-3-2-4-10(6-9)17-7-13-15-16-17/h2-4,6-8H,5H2,1H3,(H,14,20)(H,18,19). The van der Waals surface area contributed by atoms with E-state index in [1.165, 1.54) is 11.0 Å². The van der Waals surface area contributed by atoms with Crippen molar-refractivity contribution >= 4 is 11.9 Å². The molecule has 2 aromatic rings. The molecule has 0 bridgehead atoms. The number of hydrogen-bond donors (Lipinski definition) is 2. The van der Waals surface area contributed by atoms with Gasteiger partial charge >= 0.3 is 5.97 Å². The van der Waals surface area contributed by atoms with Gasteiger partial charge in [0.2, 0.25) is 0 Å². The Labute approximate surface area is 114 Å². The van der Waals surface area contributed by atoms with Gasteiger partial charge in [-0.3, -0.25) is 9.59 Å². The van der Waals surface area contributed by atoms with Crippen molar-refractivity contribution in [3.63, 3.8) is 0 Å². The molecule has 1 aromatic heterocycles. The van der Waals surface area contributed by atoms with Crippen LogP contribution in [0.3, 0.4) is 0 Å². The second-order valence-electron chi connectivity index (χ2n) is 4.28. The van der Waals surface area contributed by atoms with Crippen LogP contribution in [-0.4, -0.2) is 43.2 Å². The third-order valence-electron chi connectivity index (χ3n) is 2.58. The van der Waals surface area contributed by atoms with Gasteiger partial charge in [-0.05, 0) is 35.5 Å². The molecule has 0 aliphatic heterocycles. The van der Waals surface area contributed by atoms with Crippen LogP contribution in [0, 0.1) is 0 Å². The number of nitrogens with zero attached hydrogens (tertiary/aromatic N) is 4. The number of aliphatic carboxylic acids is 1. The highest BCUT2D eigenvalue weighted by atomic mass is 16.4. The molecule has 1 unspecified atom stereocenters. The van der Waals surface area contributed by atoms with Crippen molar-refractivity contribution in [3.8, 4) is 5.69 Å². The third-order valence-corrected chi connectivity index (χ3v) is 2.58. The second kappa shape index (κ2) is 5.91. The molecule has 104 valence electrons. The first kappa shape index (κ1) is 13.7. The predicted octanol–water partition coefficient (Wildman–Crippen LogP) is 0.255. The Morgan fingerprint density at radius 2 is 2.25 bits per heavy atom. The number of amides is 1. The van der Waals surface area contributed by atoms with Crippen molar-refractivity contribution in [2.45, 2.75) is 19.4 Å². The predicted molar refractivity (Wildman–Crippen MR) is 68.3 cm³/mol. The van der Waals surface area contributed by atoms with Crippen LogP contribution in [0.15, 0.2) is 30.6 Å². The molecule has 0 fully saturated rings. The molecule has 2 N–H and O–H groups in total. The van der Waals surface area contributed by atoms with Crippen molar-refractivity contribution < 1.29 is 14.7 Å². The number of tetrazole rings is 1. The number of benzene rings is 1. The van der Waals surface area contributed by atoms with E-state index in [1.807, 2.05) is 0 Å². The van der Waals surface area contributed by atoms with Crippen LogP contribution in [0.2, 0.25) is 0 Å². The summed E-state index contributed by atoms with van der Waals surface area (Å²) >= 11 is 0. The first-order valence-corrected chi connectivity index (χ1v) is 5.92. The summed E-state index contributed by atoms with van der Waals surface area (Å²) in [6.07, 6.45) is 1.29. The number of nitrogens with one attached hydrogen (secondary N) is 1. The van der Waals surface area contributed by atoms with Crippen molar-refractivity contribution in [2.24, 2.45) is 0 Å². The van der Waals surface area contributed by atoms with E-state index < -0.39 is 12.0 Å². The Bertz CT molecular complexity index is 611. The van der Waals surface area contributed by atoms with Gasteiger partial charge < -0.3 is 10.4 Å². The molecule has 0 aliphatic rings. The molecule has 1 atom stereocenters. The summed E-state index contributed by atoms with van der Waals surface area (Å²) in [4.78, 5) is 22.6. The maximum absolute atomic E-state index is 12.0. The number of aromatic nitrogens is 4. The first-order chi connectivity index (χ1) is 9.56. The van der Waals surface area contributed by atoms with E-state index in [-0.39, 0.29) is 12.3 Å². The zero-order chi connectivity index (χ0) is 14.5. The lowest BCUT2D eigenvalue weighted by atomic mass is 10.1. The molecule has 8 heteroatoms. The molecular weight excluding hydrogens is 262 g/mol. The van der Waals surface area contributed by atoms with E-state index in [9.17, 15) is 9.59 Å². The third kappa shape index (κ3) is 3.37. The average Bonchev–Trinajstić information content (AvgIpc) is 2.91. The largest absolute Gasteiger partial charge is 0.481 e. The fraction of sp³-hybridized carbons (Fsp3) is 0.250. The monoisotopic (exact) mass is 275 g/mol.